The molecule has 2 unspecified atom stereocenters. The van der Waals surface area contributed by atoms with Crippen molar-refractivity contribution in [2.45, 2.75) is 45.3 Å². The Labute approximate surface area is 124 Å². The van der Waals surface area contributed by atoms with Gasteiger partial charge in [-0.25, -0.2) is 0 Å². The van der Waals surface area contributed by atoms with Gasteiger partial charge in [-0.3, -0.25) is 0 Å². The number of nitrogens with zero attached hydrogens (tertiary/aromatic N) is 3. The molecule has 0 spiro atoms. The van der Waals surface area contributed by atoms with Crippen LogP contribution in [-0.4, -0.2) is 14.8 Å². The zero-order valence-corrected chi connectivity index (χ0v) is 12.6. The highest BCUT2D eigenvalue weighted by Gasteiger charge is 2.22. The van der Waals surface area contributed by atoms with Gasteiger partial charge in [-0.15, -0.1) is 10.2 Å². The number of halogens is 1. The van der Waals surface area contributed by atoms with Gasteiger partial charge in [0.15, 0.2) is 0 Å². The predicted octanol–water partition coefficient (Wildman–Crippen LogP) is 3.29. The van der Waals surface area contributed by atoms with Gasteiger partial charge in [0.05, 0.1) is 6.04 Å². The van der Waals surface area contributed by atoms with Crippen LogP contribution in [0.1, 0.15) is 49.6 Å². The highest BCUT2D eigenvalue weighted by atomic mass is 35.5. The SMILES string of the molecule is CC(NC(C)c1nnc2n1CCC2)c1cccc(Cl)c1. The largest absolute Gasteiger partial charge is 0.314 e. The second-order valence-corrected chi connectivity index (χ2v) is 5.83. The Morgan fingerprint density at radius 3 is 2.90 bits per heavy atom. The molecule has 2 heterocycles. The highest BCUT2D eigenvalue weighted by molar-refractivity contribution is 6.30. The van der Waals surface area contributed by atoms with Gasteiger partial charge < -0.3 is 9.88 Å². The lowest BCUT2D eigenvalue weighted by molar-refractivity contribution is 0.459. The van der Waals surface area contributed by atoms with Crippen LogP contribution in [0.3, 0.4) is 0 Å². The molecule has 0 amide bonds. The number of aromatic nitrogens is 3. The molecular weight excluding hydrogens is 272 g/mol. The van der Waals surface area contributed by atoms with E-state index in [1.807, 2.05) is 18.2 Å². The Bertz CT molecular complexity index is 608. The molecule has 0 bridgehead atoms. The third-order valence-electron chi connectivity index (χ3n) is 3.87. The van der Waals surface area contributed by atoms with Crippen LogP contribution < -0.4 is 5.32 Å². The number of nitrogens with one attached hydrogen (secondary N) is 1. The van der Waals surface area contributed by atoms with Crippen molar-refractivity contribution < 1.29 is 0 Å². The first-order valence-electron chi connectivity index (χ1n) is 7.08. The lowest BCUT2D eigenvalue weighted by Gasteiger charge is -2.20. The van der Waals surface area contributed by atoms with Crippen LogP contribution in [0.2, 0.25) is 5.02 Å². The molecule has 0 saturated heterocycles. The van der Waals surface area contributed by atoms with Crippen LogP contribution >= 0.6 is 11.6 Å². The molecule has 5 heteroatoms. The Morgan fingerprint density at radius 2 is 2.10 bits per heavy atom. The molecule has 4 nitrogen and oxygen atoms in total. The monoisotopic (exact) mass is 290 g/mol. The number of hydrogen-bond acceptors (Lipinski definition) is 3. The first-order chi connectivity index (χ1) is 9.65. The number of aryl methyl sites for hydroxylation is 1. The van der Waals surface area contributed by atoms with Crippen molar-refractivity contribution in [2.24, 2.45) is 0 Å². The Balaban J connectivity index is 1.73. The Morgan fingerprint density at radius 1 is 1.25 bits per heavy atom. The Kier molecular flexibility index (Phi) is 3.76. The summed E-state index contributed by atoms with van der Waals surface area (Å²) in [6, 6.07) is 8.36. The molecular formula is C15H19ClN4. The Hall–Kier alpha value is -1.39. The second-order valence-electron chi connectivity index (χ2n) is 5.39. The summed E-state index contributed by atoms with van der Waals surface area (Å²) in [5.41, 5.74) is 1.19. The van der Waals surface area contributed by atoms with Gasteiger partial charge in [0.25, 0.3) is 0 Å². The number of hydrogen-bond donors (Lipinski definition) is 1. The van der Waals surface area contributed by atoms with E-state index in [0.717, 1.165) is 29.6 Å². The van der Waals surface area contributed by atoms with Gasteiger partial charge in [0.1, 0.15) is 11.6 Å². The summed E-state index contributed by atoms with van der Waals surface area (Å²) >= 11 is 6.05. The number of benzene rings is 1. The first-order valence-corrected chi connectivity index (χ1v) is 7.46. The van der Waals surface area contributed by atoms with Crippen molar-refractivity contribution >= 4 is 11.6 Å². The minimum Gasteiger partial charge on any atom is -0.314 e. The van der Waals surface area contributed by atoms with Crippen LogP contribution in [0, 0.1) is 0 Å². The van der Waals surface area contributed by atoms with Gasteiger partial charge in [-0.1, -0.05) is 23.7 Å². The lowest BCUT2D eigenvalue weighted by atomic mass is 10.1. The zero-order valence-electron chi connectivity index (χ0n) is 11.8. The lowest BCUT2D eigenvalue weighted by Crippen LogP contribution is -2.25. The van der Waals surface area contributed by atoms with E-state index >= 15 is 0 Å². The summed E-state index contributed by atoms with van der Waals surface area (Å²) in [5, 5.41) is 12.9. The zero-order chi connectivity index (χ0) is 14.1. The molecule has 1 aliphatic rings. The van der Waals surface area contributed by atoms with Crippen LogP contribution in [0.5, 0.6) is 0 Å². The van der Waals surface area contributed by atoms with E-state index in [2.05, 4.69) is 40.0 Å². The number of fused-ring (bicyclic) bond motifs is 1. The summed E-state index contributed by atoms with van der Waals surface area (Å²) in [6.07, 6.45) is 2.22. The smallest absolute Gasteiger partial charge is 0.149 e. The van der Waals surface area contributed by atoms with Crippen molar-refractivity contribution in [1.29, 1.82) is 0 Å². The first kappa shape index (κ1) is 13.6. The molecule has 1 aromatic heterocycles. The molecule has 0 fully saturated rings. The maximum atomic E-state index is 6.05. The fourth-order valence-electron chi connectivity index (χ4n) is 2.82. The summed E-state index contributed by atoms with van der Waals surface area (Å²) in [6.45, 7) is 5.31. The van der Waals surface area contributed by atoms with E-state index < -0.39 is 0 Å². The van der Waals surface area contributed by atoms with Crippen molar-refractivity contribution in [3.8, 4) is 0 Å². The van der Waals surface area contributed by atoms with E-state index in [-0.39, 0.29) is 12.1 Å². The van der Waals surface area contributed by atoms with Crippen LogP contribution in [0.4, 0.5) is 0 Å². The summed E-state index contributed by atoms with van der Waals surface area (Å²) in [7, 11) is 0. The van der Waals surface area contributed by atoms with Crippen molar-refractivity contribution in [3.05, 3.63) is 46.5 Å². The van der Waals surface area contributed by atoms with Crippen LogP contribution in [-0.2, 0) is 13.0 Å². The summed E-state index contributed by atoms with van der Waals surface area (Å²) < 4.78 is 2.24. The van der Waals surface area contributed by atoms with Crippen LogP contribution in [0.15, 0.2) is 24.3 Å². The van der Waals surface area contributed by atoms with Gasteiger partial charge in [0, 0.05) is 24.0 Å². The normalized spacial score (nSPS) is 16.9. The molecule has 1 aromatic carbocycles. The maximum Gasteiger partial charge on any atom is 0.149 e. The van der Waals surface area contributed by atoms with Gasteiger partial charge in [-0.2, -0.15) is 0 Å². The molecule has 3 rings (SSSR count). The molecule has 2 atom stereocenters. The molecule has 0 radical (unpaired) electrons. The van der Waals surface area contributed by atoms with E-state index in [1.54, 1.807) is 0 Å². The molecule has 0 saturated carbocycles. The maximum absolute atomic E-state index is 6.05. The molecule has 1 N–H and O–H groups in total. The summed E-state index contributed by atoms with van der Waals surface area (Å²) in [4.78, 5) is 0. The topological polar surface area (TPSA) is 42.7 Å². The fourth-order valence-corrected chi connectivity index (χ4v) is 3.01. The molecule has 1 aliphatic heterocycles. The van der Waals surface area contributed by atoms with Gasteiger partial charge in [-0.05, 0) is 38.0 Å². The molecule has 0 aliphatic carbocycles. The van der Waals surface area contributed by atoms with Gasteiger partial charge >= 0.3 is 0 Å². The molecule has 2 aromatic rings. The standard InChI is InChI=1S/C15H19ClN4/c1-10(12-5-3-6-13(16)9-12)17-11(2)15-19-18-14-7-4-8-20(14)15/h3,5-6,9-11,17H,4,7-8H2,1-2H3. The van der Waals surface area contributed by atoms with Crippen molar-refractivity contribution in [1.82, 2.24) is 20.1 Å². The summed E-state index contributed by atoms with van der Waals surface area (Å²) in [5.74, 6) is 2.15. The fraction of sp³-hybridized carbons (Fsp3) is 0.467. The predicted molar refractivity (Wildman–Crippen MR) is 79.8 cm³/mol. The second kappa shape index (κ2) is 5.54. The van der Waals surface area contributed by atoms with E-state index in [0.29, 0.717) is 0 Å². The molecule has 20 heavy (non-hydrogen) atoms. The van der Waals surface area contributed by atoms with E-state index in [9.17, 15) is 0 Å². The van der Waals surface area contributed by atoms with Crippen LogP contribution in [0.25, 0.3) is 0 Å². The average molecular weight is 291 g/mol. The average Bonchev–Trinajstić information content (AvgIpc) is 3.00. The van der Waals surface area contributed by atoms with Gasteiger partial charge in [0.2, 0.25) is 0 Å². The highest BCUT2D eigenvalue weighted by Crippen LogP contribution is 2.23. The van der Waals surface area contributed by atoms with E-state index in [1.165, 1.54) is 12.0 Å². The van der Waals surface area contributed by atoms with Crippen molar-refractivity contribution in [2.75, 3.05) is 0 Å². The van der Waals surface area contributed by atoms with Crippen molar-refractivity contribution in [3.63, 3.8) is 0 Å². The molecule has 106 valence electrons. The third-order valence-corrected chi connectivity index (χ3v) is 4.11. The number of rotatable bonds is 4. The minimum absolute atomic E-state index is 0.170. The quantitative estimate of drug-likeness (QED) is 0.939. The third kappa shape index (κ3) is 2.58. The minimum atomic E-state index is 0.170. The van der Waals surface area contributed by atoms with E-state index in [4.69, 9.17) is 11.6 Å².